The number of rotatable bonds is 4. The van der Waals surface area contributed by atoms with Crippen LogP contribution in [0.4, 0.5) is 4.39 Å². The van der Waals surface area contributed by atoms with Gasteiger partial charge in [0.05, 0.1) is 6.20 Å². The van der Waals surface area contributed by atoms with Gasteiger partial charge in [-0.1, -0.05) is 0 Å². The number of halogens is 1. The normalized spacial score (nSPS) is 14.1. The summed E-state index contributed by atoms with van der Waals surface area (Å²) in [4.78, 5) is 20.6. The molecule has 1 saturated carbocycles. The van der Waals surface area contributed by atoms with Crippen molar-refractivity contribution >= 4 is 11.8 Å². The number of hydrogen-bond acceptors (Lipinski definition) is 5. The highest BCUT2D eigenvalue weighted by atomic mass is 32.2. The Morgan fingerprint density at radius 2 is 2.00 bits per heavy atom. The van der Waals surface area contributed by atoms with Crippen LogP contribution in [-0.4, -0.2) is 14.5 Å². The molecule has 4 rings (SSSR count). The minimum atomic E-state index is -0.308. The molecule has 0 bridgehead atoms. The maximum atomic E-state index is 13.0. The first-order valence-corrected chi connectivity index (χ1v) is 7.99. The molecule has 1 aliphatic carbocycles. The van der Waals surface area contributed by atoms with Crippen LogP contribution in [-0.2, 0) is 0 Å². The highest BCUT2D eigenvalue weighted by Crippen LogP contribution is 2.34. The van der Waals surface area contributed by atoms with Crippen molar-refractivity contribution in [3.8, 4) is 11.3 Å². The van der Waals surface area contributed by atoms with Crippen molar-refractivity contribution in [1.82, 2.24) is 14.5 Å². The minimum absolute atomic E-state index is 0.124. The number of aromatic nitrogens is 3. The Morgan fingerprint density at radius 3 is 2.74 bits per heavy atom. The fourth-order valence-corrected chi connectivity index (χ4v) is 2.96. The average molecular weight is 329 g/mol. The van der Waals surface area contributed by atoms with Crippen molar-refractivity contribution in [3.63, 3.8) is 0 Å². The topological polar surface area (TPSA) is 60.9 Å². The molecular weight excluding hydrogens is 317 g/mol. The second kappa shape index (κ2) is 5.66. The van der Waals surface area contributed by atoms with Gasteiger partial charge in [-0.2, -0.15) is 0 Å². The van der Waals surface area contributed by atoms with Crippen LogP contribution in [0, 0.1) is 5.82 Å². The molecule has 0 radical (unpaired) electrons. The molecule has 0 atom stereocenters. The zero-order chi connectivity index (χ0) is 15.8. The molecule has 23 heavy (non-hydrogen) atoms. The quantitative estimate of drug-likeness (QED) is 0.733. The molecule has 0 saturated heterocycles. The Labute approximate surface area is 135 Å². The lowest BCUT2D eigenvalue weighted by atomic mass is 10.2. The van der Waals surface area contributed by atoms with Gasteiger partial charge in [-0.05, 0) is 48.9 Å². The summed E-state index contributed by atoms with van der Waals surface area (Å²) in [6.45, 7) is 0. The Morgan fingerprint density at radius 1 is 1.22 bits per heavy atom. The second-order valence-electron chi connectivity index (χ2n) is 5.28. The van der Waals surface area contributed by atoms with Gasteiger partial charge in [0.25, 0.3) is 10.8 Å². The zero-order valence-electron chi connectivity index (χ0n) is 12.0. The standard InChI is InChI=1S/C16H12FN3O2S/c17-11-3-1-10(2-4-11)13-9-19-16(22-13)23-14-15(21)20(8-7-18-14)12-5-6-12/h1-4,7-9,12H,5-6H2. The lowest BCUT2D eigenvalue weighted by molar-refractivity contribution is 0.465. The maximum absolute atomic E-state index is 13.0. The van der Waals surface area contributed by atoms with Crippen LogP contribution >= 0.6 is 11.8 Å². The summed E-state index contributed by atoms with van der Waals surface area (Å²) in [7, 11) is 0. The van der Waals surface area contributed by atoms with E-state index < -0.39 is 0 Å². The van der Waals surface area contributed by atoms with Crippen LogP contribution in [0.5, 0.6) is 0 Å². The lowest BCUT2D eigenvalue weighted by Gasteiger charge is -2.03. The molecule has 2 aromatic heterocycles. The van der Waals surface area contributed by atoms with E-state index in [1.807, 2.05) is 0 Å². The monoisotopic (exact) mass is 329 g/mol. The van der Waals surface area contributed by atoms with Gasteiger partial charge in [-0.15, -0.1) is 0 Å². The van der Waals surface area contributed by atoms with E-state index in [0.29, 0.717) is 22.1 Å². The van der Waals surface area contributed by atoms with Gasteiger partial charge in [0.2, 0.25) is 0 Å². The molecule has 0 unspecified atom stereocenters. The van der Waals surface area contributed by atoms with Crippen molar-refractivity contribution in [1.29, 1.82) is 0 Å². The van der Waals surface area contributed by atoms with Crippen LogP contribution in [0.15, 0.2) is 62.3 Å². The van der Waals surface area contributed by atoms with E-state index in [2.05, 4.69) is 9.97 Å². The molecule has 3 aromatic rings. The summed E-state index contributed by atoms with van der Waals surface area (Å²) in [5.41, 5.74) is 0.601. The van der Waals surface area contributed by atoms with E-state index in [1.165, 1.54) is 12.1 Å². The third-order valence-corrected chi connectivity index (χ3v) is 4.41. The molecule has 0 N–H and O–H groups in total. The molecular formula is C16H12FN3O2S. The molecule has 1 aliphatic rings. The third-order valence-electron chi connectivity index (χ3n) is 3.57. The highest BCUT2D eigenvalue weighted by molar-refractivity contribution is 7.99. The first-order valence-electron chi connectivity index (χ1n) is 7.17. The molecule has 1 fully saturated rings. The highest BCUT2D eigenvalue weighted by Gasteiger charge is 2.25. The Balaban J connectivity index is 1.59. The van der Waals surface area contributed by atoms with Crippen molar-refractivity contribution in [2.45, 2.75) is 29.1 Å². The van der Waals surface area contributed by atoms with Gasteiger partial charge in [-0.3, -0.25) is 4.79 Å². The fourth-order valence-electron chi connectivity index (χ4n) is 2.25. The zero-order valence-corrected chi connectivity index (χ0v) is 12.8. The maximum Gasteiger partial charge on any atom is 0.283 e. The van der Waals surface area contributed by atoms with Gasteiger partial charge >= 0.3 is 0 Å². The molecule has 2 heterocycles. The van der Waals surface area contributed by atoms with E-state index in [1.54, 1.807) is 35.3 Å². The molecule has 0 spiro atoms. The van der Waals surface area contributed by atoms with Crippen molar-refractivity contribution < 1.29 is 8.81 Å². The number of benzene rings is 1. The van der Waals surface area contributed by atoms with Crippen molar-refractivity contribution in [3.05, 3.63) is 59.0 Å². The van der Waals surface area contributed by atoms with E-state index in [4.69, 9.17) is 4.42 Å². The van der Waals surface area contributed by atoms with Gasteiger partial charge in [-0.25, -0.2) is 14.4 Å². The fraction of sp³-hybridized carbons (Fsp3) is 0.188. The van der Waals surface area contributed by atoms with Crippen LogP contribution < -0.4 is 5.56 Å². The predicted octanol–water partition coefficient (Wildman–Crippen LogP) is 3.52. The molecule has 116 valence electrons. The van der Waals surface area contributed by atoms with Crippen molar-refractivity contribution in [2.75, 3.05) is 0 Å². The van der Waals surface area contributed by atoms with Crippen LogP contribution in [0.25, 0.3) is 11.3 Å². The summed E-state index contributed by atoms with van der Waals surface area (Å²) in [6.07, 6.45) is 6.94. The number of hydrogen-bond donors (Lipinski definition) is 0. The summed E-state index contributed by atoms with van der Waals surface area (Å²) in [5.74, 6) is 0.211. The Bertz CT molecular complexity index is 900. The van der Waals surface area contributed by atoms with Gasteiger partial charge in [0, 0.05) is 24.0 Å². The van der Waals surface area contributed by atoms with Crippen LogP contribution in [0.2, 0.25) is 0 Å². The Kier molecular flexibility index (Phi) is 3.49. The van der Waals surface area contributed by atoms with E-state index >= 15 is 0 Å². The summed E-state index contributed by atoms with van der Waals surface area (Å²) < 4.78 is 20.3. The SMILES string of the molecule is O=c1c(Sc2ncc(-c3ccc(F)cc3)o2)nccn1C1CC1. The van der Waals surface area contributed by atoms with Crippen LogP contribution in [0.3, 0.4) is 0 Å². The lowest BCUT2D eigenvalue weighted by Crippen LogP contribution is -2.20. The number of nitrogens with zero attached hydrogens (tertiary/aromatic N) is 3. The van der Waals surface area contributed by atoms with E-state index in [0.717, 1.165) is 30.2 Å². The first-order chi connectivity index (χ1) is 11.2. The third kappa shape index (κ3) is 2.92. The summed E-state index contributed by atoms with van der Waals surface area (Å²) >= 11 is 1.10. The number of oxazole rings is 1. The van der Waals surface area contributed by atoms with Gasteiger partial charge < -0.3 is 8.98 Å². The first kappa shape index (κ1) is 14.2. The van der Waals surface area contributed by atoms with Crippen LogP contribution in [0.1, 0.15) is 18.9 Å². The Hall–Kier alpha value is -2.41. The second-order valence-corrected chi connectivity index (χ2v) is 6.22. The summed E-state index contributed by atoms with van der Waals surface area (Å²) in [5, 5.41) is 0.675. The predicted molar refractivity (Wildman–Crippen MR) is 82.8 cm³/mol. The largest absolute Gasteiger partial charge is 0.431 e. The minimum Gasteiger partial charge on any atom is -0.431 e. The summed E-state index contributed by atoms with van der Waals surface area (Å²) in [6, 6.07) is 6.25. The average Bonchev–Trinajstić information content (AvgIpc) is 3.29. The van der Waals surface area contributed by atoms with Gasteiger partial charge in [0.1, 0.15) is 5.82 Å². The smallest absolute Gasteiger partial charge is 0.283 e. The van der Waals surface area contributed by atoms with Crippen molar-refractivity contribution in [2.24, 2.45) is 0 Å². The van der Waals surface area contributed by atoms with Gasteiger partial charge in [0.15, 0.2) is 10.8 Å². The molecule has 7 heteroatoms. The van der Waals surface area contributed by atoms with E-state index in [-0.39, 0.29) is 11.4 Å². The van der Waals surface area contributed by atoms with E-state index in [9.17, 15) is 9.18 Å². The molecule has 0 aliphatic heterocycles. The molecule has 1 aromatic carbocycles. The molecule has 5 nitrogen and oxygen atoms in total. The molecule has 0 amide bonds.